The Hall–Kier alpha value is -2.25. The van der Waals surface area contributed by atoms with Crippen LogP contribution in [0.15, 0.2) is 40.9 Å². The minimum atomic E-state index is -0.493. The zero-order valence-corrected chi connectivity index (χ0v) is 16.6. The normalized spacial score (nSPS) is 10.2. The molecule has 0 bridgehead atoms. The molecule has 6 nitrogen and oxygen atoms in total. The summed E-state index contributed by atoms with van der Waals surface area (Å²) in [6.07, 6.45) is 0. The van der Waals surface area contributed by atoms with Crippen LogP contribution in [0.2, 0.25) is 5.02 Å². The Morgan fingerprint density at radius 1 is 0.962 bits per heavy atom. The fraction of sp³-hybridized carbons (Fsp3) is 0.222. The molecule has 0 heterocycles. The van der Waals surface area contributed by atoms with E-state index in [2.05, 4.69) is 26.8 Å². The van der Waals surface area contributed by atoms with E-state index in [1.54, 1.807) is 30.3 Å². The molecule has 8 heteroatoms. The number of rotatable bonds is 6. The number of aryl methyl sites for hydroxylation is 2. The van der Waals surface area contributed by atoms with Gasteiger partial charge in [-0.05, 0) is 61.4 Å². The predicted molar refractivity (Wildman–Crippen MR) is 102 cm³/mol. The molecule has 0 spiro atoms. The van der Waals surface area contributed by atoms with Crippen LogP contribution in [0.25, 0.3) is 0 Å². The molecule has 0 saturated heterocycles. The van der Waals surface area contributed by atoms with E-state index >= 15 is 0 Å². The minimum Gasteiger partial charge on any atom is -0.484 e. The number of amides is 2. The van der Waals surface area contributed by atoms with Crippen molar-refractivity contribution < 1.29 is 19.1 Å². The lowest BCUT2D eigenvalue weighted by Gasteiger charge is -2.11. The summed E-state index contributed by atoms with van der Waals surface area (Å²) in [4.78, 5) is 23.5. The maximum atomic E-state index is 11.7. The molecule has 2 N–H and O–H groups in total. The number of nitrogens with one attached hydrogen (secondary N) is 2. The lowest BCUT2D eigenvalue weighted by Crippen LogP contribution is -2.45. The second-order valence-electron chi connectivity index (χ2n) is 5.49. The Morgan fingerprint density at radius 2 is 1.62 bits per heavy atom. The molecule has 2 aromatic carbocycles. The van der Waals surface area contributed by atoms with Crippen molar-refractivity contribution in [2.24, 2.45) is 0 Å². The van der Waals surface area contributed by atoms with Gasteiger partial charge in [-0.1, -0.05) is 27.5 Å². The molecule has 0 aliphatic heterocycles. The van der Waals surface area contributed by atoms with E-state index in [1.807, 2.05) is 19.9 Å². The van der Waals surface area contributed by atoms with Crippen LogP contribution >= 0.6 is 27.5 Å². The Morgan fingerprint density at radius 3 is 2.23 bits per heavy atom. The van der Waals surface area contributed by atoms with Crippen molar-refractivity contribution in [3.8, 4) is 11.5 Å². The monoisotopic (exact) mass is 440 g/mol. The van der Waals surface area contributed by atoms with Crippen molar-refractivity contribution in [3.63, 3.8) is 0 Å². The number of hydrazine groups is 1. The summed E-state index contributed by atoms with van der Waals surface area (Å²) >= 11 is 9.25. The predicted octanol–water partition coefficient (Wildman–Crippen LogP) is 3.32. The first-order valence-electron chi connectivity index (χ1n) is 7.70. The van der Waals surface area contributed by atoms with E-state index in [-0.39, 0.29) is 13.2 Å². The average Bonchev–Trinajstić information content (AvgIpc) is 2.60. The summed E-state index contributed by atoms with van der Waals surface area (Å²) in [6.45, 7) is 3.27. The third-order valence-corrected chi connectivity index (χ3v) is 4.46. The average molecular weight is 442 g/mol. The fourth-order valence-electron chi connectivity index (χ4n) is 1.99. The Labute approximate surface area is 164 Å². The van der Waals surface area contributed by atoms with Crippen molar-refractivity contribution in [2.45, 2.75) is 13.8 Å². The Bertz CT molecular complexity index is 814. The minimum absolute atomic E-state index is 0.224. The molecule has 2 aromatic rings. The molecule has 2 rings (SSSR count). The van der Waals surface area contributed by atoms with Gasteiger partial charge in [-0.25, -0.2) is 0 Å². The zero-order chi connectivity index (χ0) is 19.1. The van der Waals surface area contributed by atoms with Crippen LogP contribution in [0.1, 0.15) is 11.1 Å². The Balaban J connectivity index is 1.71. The molecule has 138 valence electrons. The second-order valence-corrected chi connectivity index (χ2v) is 6.79. The second kappa shape index (κ2) is 9.45. The third-order valence-electron chi connectivity index (χ3n) is 3.34. The lowest BCUT2D eigenvalue weighted by molar-refractivity contribution is -0.131. The molecule has 2 amide bonds. The summed E-state index contributed by atoms with van der Waals surface area (Å²) in [5, 5.41) is 0.590. The quantitative estimate of drug-likeness (QED) is 0.674. The van der Waals surface area contributed by atoms with E-state index in [0.29, 0.717) is 16.5 Å². The first-order valence-corrected chi connectivity index (χ1v) is 8.88. The molecule has 0 aliphatic carbocycles. The van der Waals surface area contributed by atoms with Gasteiger partial charge in [0.1, 0.15) is 11.5 Å². The molecule has 0 unspecified atom stereocenters. The summed E-state index contributed by atoms with van der Waals surface area (Å²) in [5.74, 6) is 0.132. The van der Waals surface area contributed by atoms with Gasteiger partial charge in [-0.2, -0.15) is 0 Å². The molecule has 0 radical (unpaired) electrons. The zero-order valence-electron chi connectivity index (χ0n) is 14.3. The van der Waals surface area contributed by atoms with E-state index in [9.17, 15) is 9.59 Å². The van der Waals surface area contributed by atoms with Gasteiger partial charge in [0.2, 0.25) is 0 Å². The molecular weight excluding hydrogens is 424 g/mol. The number of carbonyl (C=O) groups excluding carboxylic acids is 2. The maximum Gasteiger partial charge on any atom is 0.276 e. The summed E-state index contributed by atoms with van der Waals surface area (Å²) in [5.41, 5.74) is 6.33. The van der Waals surface area contributed by atoms with Crippen LogP contribution in [-0.4, -0.2) is 25.0 Å². The van der Waals surface area contributed by atoms with E-state index < -0.39 is 11.8 Å². The van der Waals surface area contributed by atoms with Crippen molar-refractivity contribution in [1.29, 1.82) is 0 Å². The smallest absolute Gasteiger partial charge is 0.276 e. The molecule has 0 aliphatic rings. The van der Waals surface area contributed by atoms with Crippen LogP contribution in [0, 0.1) is 13.8 Å². The summed E-state index contributed by atoms with van der Waals surface area (Å²) in [6, 6.07) is 10.5. The first kappa shape index (κ1) is 20.1. The highest BCUT2D eigenvalue weighted by molar-refractivity contribution is 9.10. The number of hydrogen-bond donors (Lipinski definition) is 2. The molecule has 0 aromatic heterocycles. The van der Waals surface area contributed by atoms with Crippen molar-refractivity contribution in [1.82, 2.24) is 10.9 Å². The molecule has 0 saturated carbocycles. The molecule has 0 fully saturated rings. The SMILES string of the molecule is Cc1cc(OCC(=O)NNC(=O)COc2ccc(Cl)cc2C)ccc1Br. The van der Waals surface area contributed by atoms with Crippen LogP contribution in [-0.2, 0) is 9.59 Å². The van der Waals surface area contributed by atoms with E-state index in [1.165, 1.54) is 0 Å². The number of benzene rings is 2. The largest absolute Gasteiger partial charge is 0.484 e. The van der Waals surface area contributed by atoms with Crippen LogP contribution in [0.4, 0.5) is 0 Å². The molecule has 26 heavy (non-hydrogen) atoms. The van der Waals surface area contributed by atoms with Gasteiger partial charge in [0.15, 0.2) is 13.2 Å². The number of carbonyl (C=O) groups is 2. The van der Waals surface area contributed by atoms with Gasteiger partial charge in [-0.3, -0.25) is 20.4 Å². The van der Waals surface area contributed by atoms with Crippen LogP contribution in [0.3, 0.4) is 0 Å². The van der Waals surface area contributed by atoms with Crippen molar-refractivity contribution >= 4 is 39.3 Å². The summed E-state index contributed by atoms with van der Waals surface area (Å²) < 4.78 is 11.7. The highest BCUT2D eigenvalue weighted by Crippen LogP contribution is 2.22. The van der Waals surface area contributed by atoms with Gasteiger partial charge < -0.3 is 9.47 Å². The highest BCUT2D eigenvalue weighted by atomic mass is 79.9. The van der Waals surface area contributed by atoms with Gasteiger partial charge in [0.25, 0.3) is 11.8 Å². The number of hydrogen-bond acceptors (Lipinski definition) is 4. The fourth-order valence-corrected chi connectivity index (χ4v) is 2.46. The van der Waals surface area contributed by atoms with Crippen LogP contribution in [0.5, 0.6) is 11.5 Å². The molecule has 0 atom stereocenters. The number of halogens is 2. The van der Waals surface area contributed by atoms with E-state index in [0.717, 1.165) is 15.6 Å². The molecular formula is C18H18BrClN2O4. The van der Waals surface area contributed by atoms with Crippen molar-refractivity contribution in [3.05, 3.63) is 57.0 Å². The van der Waals surface area contributed by atoms with Crippen molar-refractivity contribution in [2.75, 3.05) is 13.2 Å². The summed E-state index contributed by atoms with van der Waals surface area (Å²) in [7, 11) is 0. The van der Waals surface area contributed by atoms with E-state index in [4.69, 9.17) is 21.1 Å². The topological polar surface area (TPSA) is 76.7 Å². The third kappa shape index (κ3) is 6.24. The lowest BCUT2D eigenvalue weighted by atomic mass is 10.2. The van der Waals surface area contributed by atoms with Gasteiger partial charge in [0, 0.05) is 9.50 Å². The first-order chi connectivity index (χ1) is 12.3. The number of ether oxygens (including phenoxy) is 2. The standard InChI is InChI=1S/C18H18BrClN2O4/c1-11-8-14(4-5-15(11)19)25-9-17(23)21-22-18(24)10-26-16-6-3-13(20)7-12(16)2/h3-8H,9-10H2,1-2H3,(H,21,23)(H,22,24). The highest BCUT2D eigenvalue weighted by Gasteiger charge is 2.08. The van der Waals surface area contributed by atoms with Crippen LogP contribution < -0.4 is 20.3 Å². The van der Waals surface area contributed by atoms with Gasteiger partial charge >= 0.3 is 0 Å². The Kier molecular flexibility index (Phi) is 7.29. The van der Waals surface area contributed by atoms with Gasteiger partial charge in [-0.15, -0.1) is 0 Å². The maximum absolute atomic E-state index is 11.7. The van der Waals surface area contributed by atoms with Gasteiger partial charge in [0.05, 0.1) is 0 Å².